The lowest BCUT2D eigenvalue weighted by Crippen LogP contribution is -2.28. The standard InChI is InChI=1S/C14H23NO3/c1-3-15(10-11-16)9-4-12-18-14-7-5-13(17-2)6-8-14/h5-8,16H,3-4,9-12H2,1-2H3. The number of benzene rings is 1. The molecule has 0 radical (unpaired) electrons. The number of rotatable bonds is 9. The van der Waals surface area contributed by atoms with Gasteiger partial charge < -0.3 is 19.5 Å². The Hall–Kier alpha value is -1.26. The Labute approximate surface area is 109 Å². The lowest BCUT2D eigenvalue weighted by molar-refractivity contribution is 0.189. The van der Waals surface area contributed by atoms with E-state index >= 15 is 0 Å². The molecule has 0 unspecified atom stereocenters. The third-order valence-electron chi connectivity index (χ3n) is 2.81. The molecule has 1 rings (SSSR count). The summed E-state index contributed by atoms with van der Waals surface area (Å²) in [6, 6.07) is 7.59. The maximum Gasteiger partial charge on any atom is 0.119 e. The summed E-state index contributed by atoms with van der Waals surface area (Å²) in [4.78, 5) is 2.21. The number of hydrogen-bond donors (Lipinski definition) is 1. The Morgan fingerprint density at radius 2 is 1.78 bits per heavy atom. The number of hydrogen-bond acceptors (Lipinski definition) is 4. The van der Waals surface area contributed by atoms with Gasteiger partial charge in [-0.1, -0.05) is 6.92 Å². The van der Waals surface area contributed by atoms with Crippen molar-refractivity contribution in [3.63, 3.8) is 0 Å². The van der Waals surface area contributed by atoms with Gasteiger partial charge in [-0.3, -0.25) is 0 Å². The quantitative estimate of drug-likeness (QED) is 0.681. The van der Waals surface area contributed by atoms with Gasteiger partial charge in [0.2, 0.25) is 0 Å². The highest BCUT2D eigenvalue weighted by molar-refractivity contribution is 5.31. The van der Waals surface area contributed by atoms with E-state index in [4.69, 9.17) is 14.6 Å². The van der Waals surface area contributed by atoms with Crippen LogP contribution in [0.2, 0.25) is 0 Å². The summed E-state index contributed by atoms with van der Waals surface area (Å²) in [5, 5.41) is 8.87. The second-order valence-corrected chi connectivity index (χ2v) is 4.04. The minimum atomic E-state index is 0.215. The molecule has 1 aromatic rings. The second kappa shape index (κ2) is 8.78. The van der Waals surface area contributed by atoms with Gasteiger partial charge >= 0.3 is 0 Å². The van der Waals surface area contributed by atoms with Crippen molar-refractivity contribution in [2.24, 2.45) is 0 Å². The van der Waals surface area contributed by atoms with Gasteiger partial charge in [0.05, 0.1) is 20.3 Å². The number of aliphatic hydroxyl groups excluding tert-OH is 1. The van der Waals surface area contributed by atoms with E-state index in [-0.39, 0.29) is 6.61 Å². The third kappa shape index (κ3) is 5.38. The predicted molar refractivity (Wildman–Crippen MR) is 72.3 cm³/mol. The fourth-order valence-corrected chi connectivity index (χ4v) is 1.72. The van der Waals surface area contributed by atoms with Gasteiger partial charge in [-0.25, -0.2) is 0 Å². The average Bonchev–Trinajstić information content (AvgIpc) is 2.43. The van der Waals surface area contributed by atoms with Crippen LogP contribution in [0.4, 0.5) is 0 Å². The molecule has 1 N–H and O–H groups in total. The van der Waals surface area contributed by atoms with Crippen molar-refractivity contribution in [3.8, 4) is 11.5 Å². The maximum absolute atomic E-state index is 8.87. The molecule has 0 heterocycles. The molecule has 0 aliphatic rings. The van der Waals surface area contributed by atoms with Crippen LogP contribution >= 0.6 is 0 Å². The lowest BCUT2D eigenvalue weighted by Gasteiger charge is -2.18. The lowest BCUT2D eigenvalue weighted by atomic mass is 10.3. The van der Waals surface area contributed by atoms with Crippen LogP contribution in [-0.4, -0.2) is 50.0 Å². The van der Waals surface area contributed by atoms with Crippen molar-refractivity contribution in [1.29, 1.82) is 0 Å². The predicted octanol–water partition coefficient (Wildman–Crippen LogP) is 1.78. The number of methoxy groups -OCH3 is 1. The molecule has 0 bridgehead atoms. The van der Waals surface area contributed by atoms with Crippen LogP contribution in [-0.2, 0) is 0 Å². The molecular formula is C14H23NO3. The zero-order valence-electron chi connectivity index (χ0n) is 11.3. The molecule has 4 heteroatoms. The van der Waals surface area contributed by atoms with Gasteiger partial charge in [-0.15, -0.1) is 0 Å². The highest BCUT2D eigenvalue weighted by Crippen LogP contribution is 2.16. The highest BCUT2D eigenvalue weighted by Gasteiger charge is 2.01. The van der Waals surface area contributed by atoms with Crippen LogP contribution in [0.5, 0.6) is 11.5 Å². The first-order valence-electron chi connectivity index (χ1n) is 6.40. The Kier molecular flexibility index (Phi) is 7.22. The molecule has 0 atom stereocenters. The minimum absolute atomic E-state index is 0.215. The topological polar surface area (TPSA) is 41.9 Å². The smallest absolute Gasteiger partial charge is 0.119 e. The number of nitrogens with zero attached hydrogens (tertiary/aromatic N) is 1. The molecular weight excluding hydrogens is 230 g/mol. The number of ether oxygens (including phenoxy) is 2. The Morgan fingerprint density at radius 3 is 2.33 bits per heavy atom. The second-order valence-electron chi connectivity index (χ2n) is 4.04. The summed E-state index contributed by atoms with van der Waals surface area (Å²) >= 11 is 0. The first-order valence-corrected chi connectivity index (χ1v) is 6.40. The molecule has 0 aliphatic heterocycles. The summed E-state index contributed by atoms with van der Waals surface area (Å²) in [5.41, 5.74) is 0. The largest absolute Gasteiger partial charge is 0.497 e. The highest BCUT2D eigenvalue weighted by atomic mass is 16.5. The summed E-state index contributed by atoms with van der Waals surface area (Å²) < 4.78 is 10.7. The van der Waals surface area contributed by atoms with Crippen LogP contribution in [0.1, 0.15) is 13.3 Å². The molecule has 0 aliphatic carbocycles. The summed E-state index contributed by atoms with van der Waals surface area (Å²) in [6.07, 6.45) is 0.958. The Morgan fingerprint density at radius 1 is 1.11 bits per heavy atom. The van der Waals surface area contributed by atoms with E-state index in [2.05, 4.69) is 11.8 Å². The molecule has 18 heavy (non-hydrogen) atoms. The van der Waals surface area contributed by atoms with E-state index in [1.807, 2.05) is 24.3 Å². The molecule has 0 saturated carbocycles. The fraction of sp³-hybridized carbons (Fsp3) is 0.571. The zero-order valence-corrected chi connectivity index (χ0v) is 11.3. The van der Waals surface area contributed by atoms with Crippen molar-refractivity contribution >= 4 is 0 Å². The van der Waals surface area contributed by atoms with Crippen molar-refractivity contribution < 1.29 is 14.6 Å². The van der Waals surface area contributed by atoms with Gasteiger partial charge in [-0.05, 0) is 37.2 Å². The number of likely N-dealkylation sites (N-methyl/N-ethyl adjacent to an activating group) is 1. The zero-order chi connectivity index (χ0) is 13.2. The third-order valence-corrected chi connectivity index (χ3v) is 2.81. The molecule has 0 spiro atoms. The van der Waals surface area contributed by atoms with Crippen molar-refractivity contribution in [2.45, 2.75) is 13.3 Å². The van der Waals surface area contributed by atoms with Crippen molar-refractivity contribution in [2.75, 3.05) is 40.0 Å². The Balaban J connectivity index is 2.20. The maximum atomic E-state index is 8.87. The molecule has 0 amide bonds. The summed E-state index contributed by atoms with van der Waals surface area (Å²) in [6.45, 7) is 5.65. The molecule has 102 valence electrons. The van der Waals surface area contributed by atoms with Gasteiger partial charge in [0.25, 0.3) is 0 Å². The fourth-order valence-electron chi connectivity index (χ4n) is 1.72. The van der Waals surface area contributed by atoms with E-state index < -0.39 is 0 Å². The first-order chi connectivity index (χ1) is 8.80. The van der Waals surface area contributed by atoms with Crippen LogP contribution < -0.4 is 9.47 Å². The van der Waals surface area contributed by atoms with E-state index in [0.29, 0.717) is 6.61 Å². The van der Waals surface area contributed by atoms with E-state index in [9.17, 15) is 0 Å². The summed E-state index contributed by atoms with van der Waals surface area (Å²) in [5.74, 6) is 1.70. The van der Waals surface area contributed by atoms with Crippen LogP contribution in [0.15, 0.2) is 24.3 Å². The van der Waals surface area contributed by atoms with Gasteiger partial charge in [0, 0.05) is 13.1 Å². The molecule has 4 nitrogen and oxygen atoms in total. The van der Waals surface area contributed by atoms with Gasteiger partial charge in [0.1, 0.15) is 11.5 Å². The van der Waals surface area contributed by atoms with Gasteiger partial charge in [-0.2, -0.15) is 0 Å². The van der Waals surface area contributed by atoms with Crippen LogP contribution in [0, 0.1) is 0 Å². The molecule has 0 aromatic heterocycles. The molecule has 1 aromatic carbocycles. The van der Waals surface area contributed by atoms with Crippen LogP contribution in [0.3, 0.4) is 0 Å². The van der Waals surface area contributed by atoms with Crippen molar-refractivity contribution in [1.82, 2.24) is 4.90 Å². The van der Waals surface area contributed by atoms with E-state index in [0.717, 1.165) is 37.6 Å². The SMILES string of the molecule is CCN(CCO)CCCOc1ccc(OC)cc1. The molecule has 0 fully saturated rings. The first kappa shape index (κ1) is 14.8. The monoisotopic (exact) mass is 253 g/mol. The minimum Gasteiger partial charge on any atom is -0.497 e. The normalized spacial score (nSPS) is 10.7. The van der Waals surface area contributed by atoms with E-state index in [1.54, 1.807) is 7.11 Å². The molecule has 0 saturated heterocycles. The average molecular weight is 253 g/mol. The number of aliphatic hydroxyl groups is 1. The Bertz CT molecular complexity index is 313. The van der Waals surface area contributed by atoms with Crippen molar-refractivity contribution in [3.05, 3.63) is 24.3 Å². The summed E-state index contributed by atoms with van der Waals surface area (Å²) in [7, 11) is 1.65. The van der Waals surface area contributed by atoms with Crippen LogP contribution in [0.25, 0.3) is 0 Å². The van der Waals surface area contributed by atoms with E-state index in [1.165, 1.54) is 0 Å². The van der Waals surface area contributed by atoms with Gasteiger partial charge in [0.15, 0.2) is 0 Å².